The van der Waals surface area contributed by atoms with Crippen LogP contribution in [0.2, 0.25) is 0 Å². The van der Waals surface area contributed by atoms with E-state index in [4.69, 9.17) is 41.4 Å². The second kappa shape index (κ2) is 25.5. The molecule has 0 bridgehead atoms. The summed E-state index contributed by atoms with van der Waals surface area (Å²) < 4.78 is 89.5. The first-order valence-electron chi connectivity index (χ1n) is 22.8. The lowest BCUT2D eigenvalue weighted by atomic mass is 9.84. The van der Waals surface area contributed by atoms with Gasteiger partial charge in [-0.05, 0) is 38.9 Å². The van der Waals surface area contributed by atoms with E-state index in [9.17, 15) is 5.11 Å². The fraction of sp³-hybridized carbons (Fsp3) is 0.236. The molecule has 1 aliphatic rings. The Morgan fingerprint density at radius 3 is 0.754 bits per heavy atom. The van der Waals surface area contributed by atoms with Crippen molar-refractivity contribution in [2.75, 3.05) is 0 Å². The summed E-state index contributed by atoms with van der Waals surface area (Å²) in [5.74, 6) is 0. The van der Waals surface area contributed by atoms with E-state index in [0.29, 0.717) is 22.3 Å². The smallest absolute Gasteiger partial charge is 0.387 e. The van der Waals surface area contributed by atoms with E-state index in [1.54, 1.807) is 0 Å². The van der Waals surface area contributed by atoms with E-state index in [0.717, 1.165) is 16.7 Å². The van der Waals surface area contributed by atoms with Gasteiger partial charge in [-0.25, -0.2) is 9.13 Å². The van der Waals surface area contributed by atoms with Crippen LogP contribution in [0.25, 0.3) is 0 Å². The molecule has 69 heavy (non-hydrogen) atoms. The maximum absolute atomic E-state index is 15.6. The third-order valence-electron chi connectivity index (χ3n) is 11.3. The topological polar surface area (TPSA) is 137 Å². The molecule has 1 N–H and O–H groups in total. The van der Waals surface area contributed by atoms with Crippen molar-refractivity contribution >= 4 is 15.6 Å². The number of aliphatic hydroxyl groups is 1. The van der Waals surface area contributed by atoms with Gasteiger partial charge in [0.2, 0.25) is 0 Å². The molecule has 0 amide bonds. The zero-order valence-electron chi connectivity index (χ0n) is 38.0. The van der Waals surface area contributed by atoms with Crippen molar-refractivity contribution in [3.63, 3.8) is 0 Å². The van der Waals surface area contributed by atoms with Crippen molar-refractivity contribution in [1.29, 1.82) is 0 Å². The summed E-state index contributed by atoms with van der Waals surface area (Å²) in [4.78, 5) is 0. The molecule has 1 fully saturated rings. The predicted octanol–water partition coefficient (Wildman–Crippen LogP) is 12.0. The molecule has 14 heteroatoms. The number of hydrogen-bond donors (Lipinski definition) is 1. The van der Waals surface area contributed by atoms with Gasteiger partial charge in [-0.1, -0.05) is 212 Å². The van der Waals surface area contributed by atoms with Crippen LogP contribution in [-0.2, 0) is 96.7 Å². The van der Waals surface area contributed by atoms with Crippen LogP contribution in [0.4, 0.5) is 0 Å². The van der Waals surface area contributed by atoms with Crippen LogP contribution >= 0.6 is 15.6 Å². The first kappa shape index (κ1) is 50.0. The average Bonchev–Trinajstić information content (AvgIpc) is 3.40. The molecule has 0 aromatic heterocycles. The molecule has 6 atom stereocenters. The summed E-state index contributed by atoms with van der Waals surface area (Å²) in [6.45, 7) is -0.740. The third kappa shape index (κ3) is 15.0. The van der Waals surface area contributed by atoms with E-state index in [2.05, 4.69) is 0 Å². The summed E-state index contributed by atoms with van der Waals surface area (Å²) in [6, 6.07) is 64.8. The molecule has 0 radical (unpaired) electrons. The van der Waals surface area contributed by atoms with Gasteiger partial charge in [-0.2, -0.15) is 0 Å². The molecule has 7 aromatic carbocycles. The molecule has 12 nitrogen and oxygen atoms in total. The number of phosphoric acid groups is 2. The fourth-order valence-corrected chi connectivity index (χ4v) is 10.4. The maximum Gasteiger partial charge on any atom is 0.475 e. The first-order chi connectivity index (χ1) is 33.8. The summed E-state index contributed by atoms with van der Waals surface area (Å²) in [5.41, 5.74) is 5.09. The molecule has 1 saturated carbocycles. The normalized spacial score (nSPS) is 19.6. The Kier molecular flexibility index (Phi) is 18.4. The summed E-state index contributed by atoms with van der Waals surface area (Å²) in [6.07, 6.45) is -8.73. The Balaban J connectivity index is 1.24. The van der Waals surface area contributed by atoms with E-state index in [1.165, 1.54) is 0 Å². The second-order valence-corrected chi connectivity index (χ2v) is 19.6. The zero-order valence-corrected chi connectivity index (χ0v) is 39.7. The van der Waals surface area contributed by atoms with Crippen LogP contribution in [0, 0.1) is 0 Å². The molecule has 358 valence electrons. The molecule has 8 rings (SSSR count). The van der Waals surface area contributed by atoms with E-state index < -0.39 is 52.3 Å². The van der Waals surface area contributed by atoms with Crippen molar-refractivity contribution in [3.05, 3.63) is 251 Å². The van der Waals surface area contributed by atoms with Crippen LogP contribution in [0.15, 0.2) is 212 Å². The fourth-order valence-electron chi connectivity index (χ4n) is 7.66. The summed E-state index contributed by atoms with van der Waals surface area (Å²) >= 11 is 0. The lowest BCUT2D eigenvalue weighted by Gasteiger charge is -2.48. The van der Waals surface area contributed by atoms with Gasteiger partial charge >= 0.3 is 15.6 Å². The minimum Gasteiger partial charge on any atom is -0.387 e. The number of ether oxygens (including phenoxy) is 3. The third-order valence-corrected chi connectivity index (χ3v) is 14.0. The Labute approximate surface area is 403 Å². The number of phosphoric ester groups is 2. The van der Waals surface area contributed by atoms with Crippen molar-refractivity contribution < 1.29 is 55.6 Å². The maximum atomic E-state index is 15.6. The van der Waals surface area contributed by atoms with Gasteiger partial charge < -0.3 is 19.3 Å². The number of aliphatic hydroxyl groups excluding tert-OH is 1. The second-order valence-electron chi connectivity index (χ2n) is 16.3. The lowest BCUT2D eigenvalue weighted by Crippen LogP contribution is -2.66. The minimum absolute atomic E-state index is 0.0156. The molecular weight excluding hydrogens is 915 g/mol. The van der Waals surface area contributed by atoms with Gasteiger partial charge in [0.05, 0.1) is 46.2 Å². The number of benzene rings is 7. The molecule has 0 heterocycles. The van der Waals surface area contributed by atoms with Gasteiger partial charge in [0, 0.05) is 0 Å². The highest BCUT2D eigenvalue weighted by atomic mass is 31.2. The SMILES string of the molecule is O=P(OCc1ccccc1)(OCc1ccccc1)OC1[C@H](OP(=O)(OCc2ccccc2)OCc2ccccc2)C(OCc2ccccc2)C(O)[C@H](OCc2ccccc2)[C@H]1OCc1ccccc1. The first-order valence-corrected chi connectivity index (χ1v) is 25.7. The van der Waals surface area contributed by atoms with Crippen molar-refractivity contribution in [2.45, 2.75) is 82.9 Å². The van der Waals surface area contributed by atoms with Crippen LogP contribution < -0.4 is 0 Å². The largest absolute Gasteiger partial charge is 0.475 e. The molecule has 1 aliphatic carbocycles. The van der Waals surface area contributed by atoms with E-state index in [-0.39, 0.29) is 46.2 Å². The van der Waals surface area contributed by atoms with Crippen LogP contribution in [0.1, 0.15) is 38.9 Å². The minimum atomic E-state index is -4.73. The van der Waals surface area contributed by atoms with Crippen LogP contribution in [0.3, 0.4) is 0 Å². The van der Waals surface area contributed by atoms with Gasteiger partial charge in [0.25, 0.3) is 0 Å². The number of rotatable bonds is 25. The standard InChI is InChI=1S/C55H56O12P2/c56-50-51(59-36-43-22-8-1-9-23-43)53(61-38-45-26-12-3-13-27-45)55(67-69(58,64-41-48-32-18-6-19-33-48)65-42-49-34-20-7-21-35-49)54(52(50)60-37-44-24-10-2-11-25-44)66-68(57,62-39-46-28-14-4-15-29-46)63-40-47-30-16-5-17-31-47/h1-35,50-56H,36-42H2/t50?,51-,52?,53+,54+,55?/m0/s1. The summed E-state index contributed by atoms with van der Waals surface area (Å²) in [5, 5.41) is 12.8. The molecule has 0 saturated heterocycles. The molecule has 3 unspecified atom stereocenters. The summed E-state index contributed by atoms with van der Waals surface area (Å²) in [7, 11) is -9.46. The lowest BCUT2D eigenvalue weighted by molar-refractivity contribution is -0.257. The van der Waals surface area contributed by atoms with Crippen molar-refractivity contribution in [3.8, 4) is 0 Å². The molecular formula is C55H56O12P2. The Hall–Kier alpha value is -5.40. The zero-order chi connectivity index (χ0) is 47.6. The molecule has 7 aromatic rings. The average molecular weight is 971 g/mol. The quantitative estimate of drug-likeness (QED) is 0.0546. The highest BCUT2D eigenvalue weighted by Crippen LogP contribution is 2.58. The highest BCUT2D eigenvalue weighted by molar-refractivity contribution is 7.48. The van der Waals surface area contributed by atoms with Crippen molar-refractivity contribution in [1.82, 2.24) is 0 Å². The Morgan fingerprint density at radius 1 is 0.290 bits per heavy atom. The highest BCUT2D eigenvalue weighted by Gasteiger charge is 2.58. The predicted molar refractivity (Wildman–Crippen MR) is 261 cm³/mol. The van der Waals surface area contributed by atoms with Gasteiger partial charge in [-0.15, -0.1) is 0 Å². The van der Waals surface area contributed by atoms with Crippen molar-refractivity contribution in [2.24, 2.45) is 0 Å². The number of hydrogen-bond acceptors (Lipinski definition) is 12. The Bertz CT molecular complexity index is 2540. The van der Waals surface area contributed by atoms with Gasteiger partial charge in [0.1, 0.15) is 36.6 Å². The van der Waals surface area contributed by atoms with Gasteiger partial charge in [0.15, 0.2) is 0 Å². The molecule has 0 aliphatic heterocycles. The van der Waals surface area contributed by atoms with E-state index in [1.807, 2.05) is 212 Å². The van der Waals surface area contributed by atoms with Crippen LogP contribution in [0.5, 0.6) is 0 Å². The van der Waals surface area contributed by atoms with Crippen LogP contribution in [-0.4, -0.2) is 41.7 Å². The molecule has 0 spiro atoms. The van der Waals surface area contributed by atoms with Gasteiger partial charge in [-0.3, -0.25) is 27.1 Å². The Morgan fingerprint density at radius 2 is 0.493 bits per heavy atom. The van der Waals surface area contributed by atoms with E-state index >= 15 is 9.13 Å². The monoisotopic (exact) mass is 970 g/mol.